The zero-order chi connectivity index (χ0) is 20.9. The van der Waals surface area contributed by atoms with Crippen LogP contribution in [0.5, 0.6) is 0 Å². The summed E-state index contributed by atoms with van der Waals surface area (Å²) in [6.45, 7) is 4.01. The number of benzene rings is 2. The van der Waals surface area contributed by atoms with E-state index in [1.54, 1.807) is 11.9 Å². The van der Waals surface area contributed by atoms with E-state index in [-0.39, 0.29) is 11.9 Å². The highest BCUT2D eigenvalue weighted by molar-refractivity contribution is 9.10. The molecule has 4 nitrogen and oxygen atoms in total. The van der Waals surface area contributed by atoms with Crippen LogP contribution in [0.1, 0.15) is 31.7 Å². The highest BCUT2D eigenvalue weighted by atomic mass is 79.9. The van der Waals surface area contributed by atoms with E-state index in [1.165, 1.54) is 10.9 Å². The molecule has 2 heterocycles. The zero-order valence-corrected chi connectivity index (χ0v) is 19.6. The molecule has 1 fully saturated rings. The Hall–Kier alpha value is -1.76. The lowest BCUT2D eigenvalue weighted by molar-refractivity contribution is -0.134. The summed E-state index contributed by atoms with van der Waals surface area (Å²) in [6.07, 6.45) is 5.77. The number of likely N-dealkylation sites (tertiary alicyclic amines) is 1. The molecule has 0 saturated carbocycles. The van der Waals surface area contributed by atoms with Crippen molar-refractivity contribution in [1.82, 2.24) is 14.6 Å². The maximum absolute atomic E-state index is 13.4. The summed E-state index contributed by atoms with van der Waals surface area (Å²) in [5, 5.41) is 1.18. The molecule has 0 bridgehead atoms. The minimum atomic E-state index is -0.218. The maximum atomic E-state index is 13.4. The molecule has 1 atom stereocenters. The number of fused-ring (bicyclic) bond motifs is 1. The number of H-pyrrole nitrogens is 1. The minimum Gasteiger partial charge on any atom is -0.361 e. The maximum Gasteiger partial charge on any atom is 0.240 e. The van der Waals surface area contributed by atoms with Crippen molar-refractivity contribution in [1.29, 1.82) is 0 Å². The molecule has 3 aromatic rings. The van der Waals surface area contributed by atoms with E-state index in [2.05, 4.69) is 73.9 Å². The Labute approximate surface area is 191 Å². The van der Waals surface area contributed by atoms with Gasteiger partial charge in [0.2, 0.25) is 5.91 Å². The average Bonchev–Trinajstić information content (AvgIpc) is 3.24. The second kappa shape index (κ2) is 10.0. The number of halogens is 1. The van der Waals surface area contributed by atoms with E-state index in [9.17, 15) is 4.79 Å². The molecule has 2 aromatic carbocycles. The largest absolute Gasteiger partial charge is 0.361 e. The van der Waals surface area contributed by atoms with E-state index in [4.69, 9.17) is 0 Å². The Morgan fingerprint density at radius 2 is 2.00 bits per heavy atom. The molecule has 4 rings (SSSR count). The van der Waals surface area contributed by atoms with Gasteiger partial charge in [-0.2, -0.15) is 0 Å². The summed E-state index contributed by atoms with van der Waals surface area (Å²) in [6, 6.07) is 16.4. The van der Waals surface area contributed by atoms with Crippen LogP contribution in [-0.2, 0) is 11.2 Å². The smallest absolute Gasteiger partial charge is 0.240 e. The summed E-state index contributed by atoms with van der Waals surface area (Å²) in [4.78, 5) is 19.8. The van der Waals surface area contributed by atoms with Crippen molar-refractivity contribution < 1.29 is 4.79 Å². The molecule has 0 radical (unpaired) electrons. The number of aromatic amines is 1. The number of hydrogen-bond acceptors (Lipinski definition) is 3. The van der Waals surface area contributed by atoms with Gasteiger partial charge < -0.3 is 9.88 Å². The standard InChI is InChI=1S/C24H28BrN3OS/c1-17-12-15-28(16-13-17)24(29)22(10-9-18-5-2-3-6-20(18)25)27-30-23-8-4-7-21-19(23)11-14-26-21/h2-8,11,14,17,22,26-27H,9-10,12-13,15-16H2,1H3. The first-order valence-corrected chi connectivity index (χ1v) is 12.2. The van der Waals surface area contributed by atoms with E-state index in [0.29, 0.717) is 5.92 Å². The van der Waals surface area contributed by atoms with Crippen molar-refractivity contribution in [2.75, 3.05) is 13.1 Å². The number of piperidine rings is 1. The topological polar surface area (TPSA) is 48.1 Å². The number of hydrogen-bond donors (Lipinski definition) is 2. The predicted octanol–water partition coefficient (Wildman–Crippen LogP) is 5.79. The highest BCUT2D eigenvalue weighted by Crippen LogP contribution is 2.27. The molecule has 30 heavy (non-hydrogen) atoms. The van der Waals surface area contributed by atoms with Crippen LogP contribution in [0.15, 0.2) is 64.1 Å². The van der Waals surface area contributed by atoms with Crippen LogP contribution in [-0.4, -0.2) is 34.9 Å². The van der Waals surface area contributed by atoms with Crippen LogP contribution in [0.25, 0.3) is 10.9 Å². The first-order valence-electron chi connectivity index (χ1n) is 10.6. The third kappa shape index (κ3) is 5.10. The van der Waals surface area contributed by atoms with E-state index >= 15 is 0 Å². The predicted molar refractivity (Wildman–Crippen MR) is 129 cm³/mol. The first-order chi connectivity index (χ1) is 14.6. The molecule has 1 aliphatic rings. The molecular formula is C24H28BrN3OS. The van der Waals surface area contributed by atoms with E-state index < -0.39 is 0 Å². The molecule has 158 valence electrons. The number of aryl methyl sites for hydroxylation is 1. The van der Waals surface area contributed by atoms with Crippen molar-refractivity contribution in [3.8, 4) is 0 Å². The Morgan fingerprint density at radius 1 is 1.20 bits per heavy atom. The van der Waals surface area contributed by atoms with E-state index in [1.807, 2.05) is 18.3 Å². The molecule has 1 saturated heterocycles. The lowest BCUT2D eigenvalue weighted by atomic mass is 9.98. The SMILES string of the molecule is CC1CCN(C(=O)C(CCc2ccccc2Br)NSc2cccc3[nH]ccc23)CC1. The summed E-state index contributed by atoms with van der Waals surface area (Å²) < 4.78 is 4.62. The Balaban J connectivity index is 1.48. The van der Waals surface area contributed by atoms with Gasteiger partial charge >= 0.3 is 0 Å². The molecule has 1 amide bonds. The third-order valence-corrected chi connectivity index (χ3v) is 7.67. The van der Waals surface area contributed by atoms with Crippen molar-refractivity contribution in [3.63, 3.8) is 0 Å². The first kappa shape index (κ1) is 21.5. The minimum absolute atomic E-state index is 0.218. The van der Waals surface area contributed by atoms with Gasteiger partial charge in [-0.1, -0.05) is 47.1 Å². The van der Waals surface area contributed by atoms with Crippen LogP contribution in [0.3, 0.4) is 0 Å². The Kier molecular flexibility index (Phi) is 7.18. The summed E-state index contributed by atoms with van der Waals surface area (Å²) >= 11 is 5.21. The second-order valence-electron chi connectivity index (χ2n) is 8.11. The van der Waals surface area contributed by atoms with Crippen LogP contribution in [0, 0.1) is 5.92 Å². The molecule has 6 heteroatoms. The molecular weight excluding hydrogens is 458 g/mol. The summed E-state index contributed by atoms with van der Waals surface area (Å²) in [5.41, 5.74) is 2.35. The summed E-state index contributed by atoms with van der Waals surface area (Å²) in [7, 11) is 0. The van der Waals surface area contributed by atoms with Crippen LogP contribution < -0.4 is 4.72 Å². The molecule has 2 N–H and O–H groups in total. The molecule has 0 aliphatic carbocycles. The van der Waals surface area contributed by atoms with Crippen LogP contribution in [0.4, 0.5) is 0 Å². The van der Waals surface area contributed by atoms with Gasteiger partial charge in [-0.15, -0.1) is 0 Å². The van der Waals surface area contributed by atoms with E-state index in [0.717, 1.165) is 53.7 Å². The van der Waals surface area contributed by atoms with Gasteiger partial charge in [0.05, 0.1) is 6.04 Å². The normalized spacial score (nSPS) is 16.1. The van der Waals surface area contributed by atoms with Crippen molar-refractivity contribution in [2.24, 2.45) is 5.92 Å². The lowest BCUT2D eigenvalue weighted by Gasteiger charge is -2.33. The molecule has 1 aromatic heterocycles. The van der Waals surface area contributed by atoms with Gasteiger partial charge in [-0.3, -0.25) is 4.79 Å². The van der Waals surface area contributed by atoms with Crippen LogP contribution in [0.2, 0.25) is 0 Å². The van der Waals surface area contributed by atoms with Gasteiger partial charge in [0.15, 0.2) is 0 Å². The van der Waals surface area contributed by atoms with Gasteiger partial charge in [-0.05, 0) is 73.4 Å². The number of carbonyl (C=O) groups excluding carboxylic acids is 1. The fourth-order valence-corrected chi connectivity index (χ4v) is 5.37. The number of nitrogens with one attached hydrogen (secondary N) is 2. The van der Waals surface area contributed by atoms with Gasteiger partial charge in [0, 0.05) is 39.6 Å². The Bertz CT molecular complexity index is 997. The third-order valence-electron chi connectivity index (χ3n) is 5.92. The fourth-order valence-electron chi connectivity index (χ4n) is 3.96. The van der Waals surface area contributed by atoms with Crippen molar-refractivity contribution >= 4 is 44.7 Å². The molecule has 0 spiro atoms. The van der Waals surface area contributed by atoms with Gasteiger partial charge in [-0.25, -0.2) is 4.72 Å². The lowest BCUT2D eigenvalue weighted by Crippen LogP contribution is -2.47. The van der Waals surface area contributed by atoms with Crippen molar-refractivity contribution in [2.45, 2.75) is 43.5 Å². The molecule has 1 aliphatic heterocycles. The average molecular weight is 486 g/mol. The quantitative estimate of drug-likeness (QED) is 0.416. The fraction of sp³-hybridized carbons (Fsp3) is 0.375. The number of aromatic nitrogens is 1. The van der Waals surface area contributed by atoms with Crippen LogP contribution >= 0.6 is 27.9 Å². The number of amides is 1. The highest BCUT2D eigenvalue weighted by Gasteiger charge is 2.27. The number of carbonyl (C=O) groups is 1. The van der Waals surface area contributed by atoms with Gasteiger partial charge in [0.1, 0.15) is 0 Å². The number of rotatable bonds is 7. The van der Waals surface area contributed by atoms with Gasteiger partial charge in [0.25, 0.3) is 0 Å². The number of nitrogens with zero attached hydrogens (tertiary/aromatic N) is 1. The zero-order valence-electron chi connectivity index (χ0n) is 17.2. The Morgan fingerprint density at radius 3 is 2.80 bits per heavy atom. The van der Waals surface area contributed by atoms with Crippen molar-refractivity contribution in [3.05, 3.63) is 64.8 Å². The molecule has 1 unspecified atom stereocenters. The monoisotopic (exact) mass is 485 g/mol. The summed E-state index contributed by atoms with van der Waals surface area (Å²) in [5.74, 6) is 0.934. The second-order valence-corrected chi connectivity index (χ2v) is 9.84.